The lowest BCUT2D eigenvalue weighted by Gasteiger charge is -2.31. The fourth-order valence-corrected chi connectivity index (χ4v) is 5.28. The van der Waals surface area contributed by atoms with Crippen molar-refractivity contribution in [3.63, 3.8) is 0 Å². The maximum Gasteiger partial charge on any atom is 0.370 e. The van der Waals surface area contributed by atoms with Gasteiger partial charge < -0.3 is 14.7 Å². The second-order valence-corrected chi connectivity index (χ2v) is 10.3. The number of aromatic nitrogens is 3. The van der Waals surface area contributed by atoms with Gasteiger partial charge in [-0.3, -0.25) is 9.48 Å². The van der Waals surface area contributed by atoms with Gasteiger partial charge in [0, 0.05) is 42.0 Å². The van der Waals surface area contributed by atoms with Crippen molar-refractivity contribution in [2.24, 2.45) is 0 Å². The first-order valence-electron chi connectivity index (χ1n) is 13.7. The molecule has 8 nitrogen and oxygen atoms in total. The first-order chi connectivity index (χ1) is 19.4. The highest BCUT2D eigenvalue weighted by molar-refractivity contribution is 5.96. The van der Waals surface area contributed by atoms with Crippen LogP contribution in [0.25, 0.3) is 11.1 Å². The van der Waals surface area contributed by atoms with Gasteiger partial charge in [0.2, 0.25) is 12.5 Å². The van der Waals surface area contributed by atoms with Crippen LogP contribution in [0.5, 0.6) is 5.75 Å². The monoisotopic (exact) mass is 539 g/mol. The number of benzene rings is 2. The Labute approximate surface area is 234 Å². The Morgan fingerprint density at radius 3 is 2.80 bits per heavy atom. The van der Waals surface area contributed by atoms with E-state index in [1.54, 1.807) is 10.8 Å². The maximum absolute atomic E-state index is 13.3. The van der Waals surface area contributed by atoms with Crippen molar-refractivity contribution >= 4 is 17.6 Å². The maximum atomic E-state index is 13.3. The zero-order valence-electron chi connectivity index (χ0n) is 23.0. The number of aryl methyl sites for hydroxylation is 1. The third-order valence-electron chi connectivity index (χ3n) is 7.43. The number of hydrogen-bond donors (Lipinski definition) is 1. The van der Waals surface area contributed by atoms with E-state index in [2.05, 4.69) is 31.1 Å². The Morgan fingerprint density at radius 1 is 1.10 bits per heavy atom. The van der Waals surface area contributed by atoms with Crippen LogP contribution >= 0.6 is 0 Å². The van der Waals surface area contributed by atoms with E-state index >= 15 is 0 Å². The first-order valence-corrected chi connectivity index (χ1v) is 13.7. The average molecular weight is 540 g/mol. The molecule has 40 heavy (non-hydrogen) atoms. The summed E-state index contributed by atoms with van der Waals surface area (Å²) in [7, 11) is 0. The predicted octanol–water partition coefficient (Wildman–Crippen LogP) is 4.73. The summed E-state index contributed by atoms with van der Waals surface area (Å²) in [5.74, 6) is 0.125. The third kappa shape index (κ3) is 6.22. The lowest BCUT2D eigenvalue weighted by Crippen LogP contribution is -2.37. The molecule has 0 atom stereocenters. The molecule has 0 spiro atoms. The van der Waals surface area contributed by atoms with Crippen LogP contribution in [-0.2, 0) is 29.1 Å². The minimum atomic E-state index is -0.879. The normalized spacial score (nSPS) is 12.7. The van der Waals surface area contributed by atoms with E-state index in [0.29, 0.717) is 26.0 Å². The van der Waals surface area contributed by atoms with Gasteiger partial charge in [0.05, 0.1) is 19.3 Å². The van der Waals surface area contributed by atoms with Crippen LogP contribution in [0.15, 0.2) is 73.3 Å². The van der Waals surface area contributed by atoms with Crippen molar-refractivity contribution in [3.05, 3.63) is 95.6 Å². The zero-order chi connectivity index (χ0) is 28.1. The highest BCUT2D eigenvalue weighted by atomic mass is 16.5. The van der Waals surface area contributed by atoms with E-state index in [9.17, 15) is 9.59 Å². The fraction of sp³-hybridized carbons (Fsp3) is 0.312. The largest absolute Gasteiger partial charge is 0.493 e. The summed E-state index contributed by atoms with van der Waals surface area (Å²) in [6.45, 7) is 5.80. The van der Waals surface area contributed by atoms with Crippen LogP contribution in [0.3, 0.4) is 0 Å². The molecule has 0 fully saturated rings. The number of carboxylic acid groups (broad SMARTS) is 1. The number of hydrogen-bond acceptors (Lipinski definition) is 4. The highest BCUT2D eigenvalue weighted by Crippen LogP contribution is 2.36. The molecule has 5 rings (SSSR count). The van der Waals surface area contributed by atoms with E-state index < -0.39 is 5.97 Å². The summed E-state index contributed by atoms with van der Waals surface area (Å²) >= 11 is 0. The van der Waals surface area contributed by atoms with Gasteiger partial charge in [0.15, 0.2) is 12.4 Å². The first kappa shape index (κ1) is 27.1. The number of fused-ring (bicyclic) bond motifs is 1. The van der Waals surface area contributed by atoms with Crippen LogP contribution in [-0.4, -0.2) is 39.9 Å². The Hall–Kier alpha value is -4.46. The van der Waals surface area contributed by atoms with Gasteiger partial charge in [-0.2, -0.15) is 9.67 Å². The molecule has 1 aliphatic rings. The average Bonchev–Trinajstić information content (AvgIpc) is 3.40. The molecule has 4 aromatic rings. The van der Waals surface area contributed by atoms with Gasteiger partial charge >= 0.3 is 5.97 Å². The molecule has 1 aliphatic heterocycles. The number of pyridine rings is 1. The molecule has 8 heteroatoms. The van der Waals surface area contributed by atoms with Gasteiger partial charge in [-0.25, -0.2) is 4.79 Å². The van der Waals surface area contributed by atoms with Crippen molar-refractivity contribution in [3.8, 4) is 16.9 Å². The Balaban J connectivity index is 1.25. The highest BCUT2D eigenvalue weighted by Gasteiger charge is 2.25. The van der Waals surface area contributed by atoms with Crippen LogP contribution < -0.4 is 14.2 Å². The summed E-state index contributed by atoms with van der Waals surface area (Å²) in [6.07, 6.45) is 10.4. The lowest BCUT2D eigenvalue weighted by molar-refractivity contribution is -0.686. The van der Waals surface area contributed by atoms with Gasteiger partial charge in [-0.15, -0.1) is 0 Å². The van der Waals surface area contributed by atoms with Crippen molar-refractivity contribution in [2.75, 3.05) is 18.1 Å². The van der Waals surface area contributed by atoms with E-state index in [1.165, 1.54) is 11.1 Å². The minimum Gasteiger partial charge on any atom is -0.493 e. The summed E-state index contributed by atoms with van der Waals surface area (Å²) < 4.78 is 9.47. The smallest absolute Gasteiger partial charge is 0.370 e. The molecular formula is C32H35N4O4+. The second-order valence-electron chi connectivity index (χ2n) is 10.3. The van der Waals surface area contributed by atoms with Gasteiger partial charge in [0.1, 0.15) is 5.75 Å². The summed E-state index contributed by atoms with van der Waals surface area (Å²) in [5, 5.41) is 13.6. The van der Waals surface area contributed by atoms with Crippen LogP contribution in [0.1, 0.15) is 41.5 Å². The molecule has 0 radical (unpaired) electrons. The van der Waals surface area contributed by atoms with Gasteiger partial charge in [-0.05, 0) is 73.6 Å². The van der Waals surface area contributed by atoms with Crippen LogP contribution in [0.4, 0.5) is 5.69 Å². The molecule has 2 aromatic carbocycles. The Morgan fingerprint density at radius 2 is 1.95 bits per heavy atom. The van der Waals surface area contributed by atoms with Crippen molar-refractivity contribution in [2.45, 2.75) is 52.6 Å². The van der Waals surface area contributed by atoms with Crippen LogP contribution in [0.2, 0.25) is 0 Å². The molecule has 0 saturated heterocycles. The number of anilines is 1. The Kier molecular flexibility index (Phi) is 8.24. The van der Waals surface area contributed by atoms with E-state index in [0.717, 1.165) is 53.1 Å². The Bertz CT molecular complexity index is 1530. The summed E-state index contributed by atoms with van der Waals surface area (Å²) in [4.78, 5) is 26.2. The van der Waals surface area contributed by atoms with Gasteiger partial charge in [0.25, 0.3) is 0 Å². The van der Waals surface area contributed by atoms with Crippen molar-refractivity contribution in [1.29, 1.82) is 0 Å². The number of carboxylic acids is 1. The number of carbonyl (C=O) groups excluding carboxylic acids is 1. The summed E-state index contributed by atoms with van der Waals surface area (Å²) in [6, 6.07) is 16.0. The van der Waals surface area contributed by atoms with Crippen molar-refractivity contribution < 1.29 is 24.0 Å². The number of ether oxygens (including phenoxy) is 1. The molecule has 0 saturated carbocycles. The second kappa shape index (κ2) is 12.2. The molecule has 0 bridgehead atoms. The molecule has 2 aromatic heterocycles. The SMILES string of the molecule is Cc1cccc(OCCCC(=O)N2CCCc3c(-c4cnn(Cc5ccc[n+](CC(=O)O)c5)c4)cccc32)c1C. The van der Waals surface area contributed by atoms with Crippen LogP contribution in [0, 0.1) is 13.8 Å². The predicted molar refractivity (Wildman–Crippen MR) is 152 cm³/mol. The van der Waals surface area contributed by atoms with E-state index in [-0.39, 0.29) is 12.5 Å². The molecule has 3 heterocycles. The topological polar surface area (TPSA) is 88.5 Å². The third-order valence-corrected chi connectivity index (χ3v) is 7.43. The minimum absolute atomic E-state index is 0.0804. The molecule has 0 aliphatic carbocycles. The molecular weight excluding hydrogens is 504 g/mol. The molecule has 0 unspecified atom stereocenters. The standard InChI is InChI=1S/C32H34N4O4/c1-23-8-3-13-30(24(23)2)40-17-7-14-31(37)36-16-6-11-28-27(10-4-12-29(28)36)26-18-33-35(21-26)20-25-9-5-15-34(19-25)22-32(38)39/h3-5,8-10,12-13,15,18-19,21H,6-7,11,14,16-17,20,22H2,1-2H3/p+1. The number of aliphatic carboxylic acids is 1. The van der Waals surface area contributed by atoms with Gasteiger partial charge in [-0.1, -0.05) is 24.3 Å². The molecule has 1 N–H and O–H groups in total. The van der Waals surface area contributed by atoms with E-state index in [4.69, 9.17) is 9.84 Å². The molecule has 206 valence electrons. The quantitative estimate of drug-likeness (QED) is 0.233. The zero-order valence-corrected chi connectivity index (χ0v) is 23.0. The number of carbonyl (C=O) groups is 2. The summed E-state index contributed by atoms with van der Waals surface area (Å²) in [5.41, 5.74) is 7.55. The number of nitrogens with zero attached hydrogens (tertiary/aromatic N) is 4. The lowest BCUT2D eigenvalue weighted by atomic mass is 9.93. The van der Waals surface area contributed by atoms with E-state index in [1.807, 2.05) is 64.6 Å². The van der Waals surface area contributed by atoms with Crippen molar-refractivity contribution in [1.82, 2.24) is 9.78 Å². The molecule has 1 amide bonds. The number of rotatable bonds is 10. The number of amides is 1. The fourth-order valence-electron chi connectivity index (χ4n) is 5.28.